The van der Waals surface area contributed by atoms with Crippen LogP contribution in [0.3, 0.4) is 0 Å². The van der Waals surface area contributed by atoms with E-state index in [-0.39, 0.29) is 55.7 Å². The monoisotopic (exact) mass is 349 g/mol. The molecule has 0 aliphatic carbocycles. The minimum absolute atomic E-state index is 0. The van der Waals surface area contributed by atoms with Gasteiger partial charge in [-0.25, -0.2) is 0 Å². The van der Waals surface area contributed by atoms with Crippen LogP contribution in [0, 0.1) is 0 Å². The third-order valence-electron chi connectivity index (χ3n) is 2.09. The van der Waals surface area contributed by atoms with Crippen molar-refractivity contribution in [3.63, 3.8) is 0 Å². The second kappa shape index (κ2) is 7.75. The summed E-state index contributed by atoms with van der Waals surface area (Å²) >= 11 is 0. The SMILES string of the molecule is CCc1cc2ccccc2[cH-]1.[Br-].[Br-].[Ti+3]. The minimum Gasteiger partial charge on any atom is -1.00 e. The largest absolute Gasteiger partial charge is 3.00 e. The molecule has 0 fully saturated rings. The average molecular weight is 351 g/mol. The summed E-state index contributed by atoms with van der Waals surface area (Å²) in [6, 6.07) is 13.0. The summed E-state index contributed by atoms with van der Waals surface area (Å²) in [6.07, 6.45) is 1.13. The fourth-order valence-electron chi connectivity index (χ4n) is 1.42. The first kappa shape index (κ1) is 16.9. The molecule has 0 aliphatic heterocycles. The van der Waals surface area contributed by atoms with E-state index in [1.165, 1.54) is 16.3 Å². The maximum Gasteiger partial charge on any atom is 3.00 e. The Hall–Kier alpha value is 0.504. The van der Waals surface area contributed by atoms with Crippen molar-refractivity contribution in [1.29, 1.82) is 0 Å². The van der Waals surface area contributed by atoms with Crippen LogP contribution in [0.5, 0.6) is 0 Å². The van der Waals surface area contributed by atoms with Gasteiger partial charge in [0.1, 0.15) is 0 Å². The molecule has 0 saturated carbocycles. The number of aryl methyl sites for hydroxylation is 1. The minimum atomic E-state index is 0. The van der Waals surface area contributed by atoms with Gasteiger partial charge in [0.2, 0.25) is 0 Å². The molecule has 0 atom stereocenters. The van der Waals surface area contributed by atoms with Crippen molar-refractivity contribution in [1.82, 2.24) is 0 Å². The second-order valence-corrected chi connectivity index (χ2v) is 2.85. The van der Waals surface area contributed by atoms with Gasteiger partial charge in [-0.2, -0.15) is 6.07 Å². The fourth-order valence-corrected chi connectivity index (χ4v) is 1.42. The zero-order chi connectivity index (χ0) is 7.68. The van der Waals surface area contributed by atoms with Crippen LogP contribution in [0.1, 0.15) is 12.5 Å². The third kappa shape index (κ3) is 3.58. The second-order valence-electron chi connectivity index (χ2n) is 2.85. The molecular weight excluding hydrogens is 340 g/mol. The molecule has 2 rings (SSSR count). The van der Waals surface area contributed by atoms with Crippen LogP contribution in [0.25, 0.3) is 10.8 Å². The molecule has 3 heteroatoms. The summed E-state index contributed by atoms with van der Waals surface area (Å²) in [5, 5.41) is 2.73. The molecule has 2 aromatic carbocycles. The number of hydrogen-bond donors (Lipinski definition) is 0. The van der Waals surface area contributed by atoms with Gasteiger partial charge in [0.15, 0.2) is 0 Å². The molecule has 73 valence electrons. The van der Waals surface area contributed by atoms with E-state index in [1.54, 1.807) is 0 Å². The van der Waals surface area contributed by atoms with Crippen LogP contribution in [-0.4, -0.2) is 0 Å². The first-order valence-corrected chi connectivity index (χ1v) is 4.04. The molecule has 0 spiro atoms. The molecule has 0 heterocycles. The number of benzene rings is 1. The number of rotatable bonds is 1. The third-order valence-corrected chi connectivity index (χ3v) is 2.09. The predicted octanol–water partition coefficient (Wildman–Crippen LogP) is -2.87. The van der Waals surface area contributed by atoms with Gasteiger partial charge in [0, 0.05) is 0 Å². The molecule has 0 N–H and O–H groups in total. The van der Waals surface area contributed by atoms with Gasteiger partial charge in [-0.3, -0.25) is 0 Å². The molecule has 14 heavy (non-hydrogen) atoms. The maximum atomic E-state index is 2.26. The molecule has 0 aliphatic rings. The van der Waals surface area contributed by atoms with E-state index >= 15 is 0 Å². The van der Waals surface area contributed by atoms with Gasteiger partial charge in [-0.1, -0.05) is 13.0 Å². The Morgan fingerprint density at radius 1 is 1.14 bits per heavy atom. The van der Waals surface area contributed by atoms with Gasteiger partial charge in [-0.05, 0) is 6.42 Å². The number of hydrogen-bond acceptors (Lipinski definition) is 0. The first-order valence-electron chi connectivity index (χ1n) is 4.04. The summed E-state index contributed by atoms with van der Waals surface area (Å²) in [7, 11) is 0. The van der Waals surface area contributed by atoms with Crippen molar-refractivity contribution in [3.8, 4) is 0 Å². The van der Waals surface area contributed by atoms with Crippen molar-refractivity contribution >= 4 is 10.8 Å². The van der Waals surface area contributed by atoms with E-state index in [0.717, 1.165) is 6.42 Å². The fraction of sp³-hybridized carbons (Fsp3) is 0.182. The summed E-state index contributed by atoms with van der Waals surface area (Å²) in [5.41, 5.74) is 1.44. The van der Waals surface area contributed by atoms with Gasteiger partial charge >= 0.3 is 21.7 Å². The number of halogens is 2. The van der Waals surface area contributed by atoms with E-state index in [4.69, 9.17) is 0 Å². The van der Waals surface area contributed by atoms with Crippen molar-refractivity contribution in [2.24, 2.45) is 0 Å². The van der Waals surface area contributed by atoms with E-state index in [0.29, 0.717) is 0 Å². The molecule has 0 saturated heterocycles. The zero-order valence-electron chi connectivity index (χ0n) is 7.93. The van der Waals surface area contributed by atoms with Crippen LogP contribution in [0.4, 0.5) is 0 Å². The van der Waals surface area contributed by atoms with Crippen LogP contribution >= 0.6 is 0 Å². The van der Waals surface area contributed by atoms with Crippen LogP contribution in [0.15, 0.2) is 36.4 Å². The molecule has 1 radical (unpaired) electrons. The predicted molar refractivity (Wildman–Crippen MR) is 48.9 cm³/mol. The van der Waals surface area contributed by atoms with Gasteiger partial charge < -0.3 is 34.0 Å². The Kier molecular flexibility index (Phi) is 9.37. The van der Waals surface area contributed by atoms with Gasteiger partial charge in [-0.15, -0.1) is 40.6 Å². The standard InChI is InChI=1S/C11H11.2BrH.Ti/c1-2-9-7-10-5-3-4-6-11(10)8-9;;;/h3-8H,2H2,1H3;2*1H;/q-1;;;+3/p-2. The quantitative estimate of drug-likeness (QED) is 0.383. The van der Waals surface area contributed by atoms with Crippen LogP contribution in [-0.2, 0) is 28.1 Å². The topological polar surface area (TPSA) is 0 Å². The molecule has 0 bridgehead atoms. The Balaban J connectivity index is 0. The Bertz CT molecular complexity index is 335. The molecule has 0 nitrogen and oxygen atoms in total. The number of fused-ring (bicyclic) bond motifs is 1. The Morgan fingerprint density at radius 2 is 1.79 bits per heavy atom. The van der Waals surface area contributed by atoms with Crippen LogP contribution in [0.2, 0.25) is 0 Å². The first-order chi connectivity index (χ1) is 5.40. The summed E-state index contributed by atoms with van der Waals surface area (Å²) in [4.78, 5) is 0. The Labute approximate surface area is 121 Å². The van der Waals surface area contributed by atoms with E-state index in [1.807, 2.05) is 0 Å². The van der Waals surface area contributed by atoms with Crippen molar-refractivity contribution < 1.29 is 55.7 Å². The molecule has 0 aromatic heterocycles. The molecule has 0 amide bonds. The molecule has 2 aromatic rings. The molecule has 0 unspecified atom stereocenters. The van der Waals surface area contributed by atoms with Crippen molar-refractivity contribution in [3.05, 3.63) is 42.0 Å². The van der Waals surface area contributed by atoms with E-state index in [2.05, 4.69) is 43.3 Å². The summed E-state index contributed by atoms with van der Waals surface area (Å²) < 4.78 is 0. The zero-order valence-corrected chi connectivity index (χ0v) is 12.7. The van der Waals surface area contributed by atoms with E-state index < -0.39 is 0 Å². The van der Waals surface area contributed by atoms with Crippen molar-refractivity contribution in [2.45, 2.75) is 13.3 Å². The normalized spacial score (nSPS) is 8.36. The Morgan fingerprint density at radius 3 is 2.36 bits per heavy atom. The van der Waals surface area contributed by atoms with Crippen LogP contribution < -0.4 is 34.0 Å². The summed E-state index contributed by atoms with van der Waals surface area (Å²) in [6.45, 7) is 2.19. The van der Waals surface area contributed by atoms with Crippen molar-refractivity contribution in [2.75, 3.05) is 0 Å². The van der Waals surface area contributed by atoms with Gasteiger partial charge in [0.05, 0.1) is 0 Å². The molecular formula is C11H11Br2Ti. The van der Waals surface area contributed by atoms with E-state index in [9.17, 15) is 0 Å². The maximum absolute atomic E-state index is 2.26. The summed E-state index contributed by atoms with van der Waals surface area (Å²) in [5.74, 6) is 0. The smallest absolute Gasteiger partial charge is 1.00 e. The van der Waals surface area contributed by atoms with Gasteiger partial charge in [0.25, 0.3) is 0 Å². The average Bonchev–Trinajstić information content (AvgIpc) is 2.46.